The third kappa shape index (κ3) is 3.18. The number of aromatic nitrogens is 2. The molecule has 0 N–H and O–H groups in total. The Balaban J connectivity index is 0.000000845. The lowest BCUT2D eigenvalue weighted by atomic mass is 9.47. The fraction of sp³-hybridized carbons (Fsp3) is 0.595. The average Bonchev–Trinajstić information content (AvgIpc) is 3.39. The van der Waals surface area contributed by atoms with Crippen LogP contribution in [0.2, 0.25) is 0 Å². The maximum absolute atomic E-state index is 5.44. The molecule has 0 amide bonds. The molecule has 0 fully saturated rings. The van der Waals surface area contributed by atoms with Crippen LogP contribution < -0.4 is 0 Å². The Labute approximate surface area is 238 Å². The van der Waals surface area contributed by atoms with Crippen LogP contribution in [0.4, 0.5) is 0 Å². The van der Waals surface area contributed by atoms with Crippen LogP contribution in [0, 0.1) is 10.8 Å². The first-order chi connectivity index (χ1) is 18.2. The van der Waals surface area contributed by atoms with Gasteiger partial charge in [-0.05, 0) is 73.8 Å². The Morgan fingerprint density at radius 1 is 0.795 bits per heavy atom. The van der Waals surface area contributed by atoms with Gasteiger partial charge in [0, 0.05) is 17.0 Å². The van der Waals surface area contributed by atoms with Crippen LogP contribution in [0.15, 0.2) is 36.5 Å². The van der Waals surface area contributed by atoms with E-state index in [-0.39, 0.29) is 27.1 Å². The van der Waals surface area contributed by atoms with Gasteiger partial charge in [-0.2, -0.15) is 0 Å². The number of rotatable bonds is 2. The zero-order valence-electron chi connectivity index (χ0n) is 27.6. The van der Waals surface area contributed by atoms with E-state index in [9.17, 15) is 0 Å². The highest BCUT2D eigenvalue weighted by Crippen LogP contribution is 2.76. The Bertz CT molecular complexity index is 1560. The van der Waals surface area contributed by atoms with Crippen molar-refractivity contribution in [1.82, 2.24) is 9.38 Å². The smallest absolute Gasteiger partial charge is 0.146 e. The summed E-state index contributed by atoms with van der Waals surface area (Å²) in [6.45, 7) is 35.1. The third-order valence-electron chi connectivity index (χ3n) is 12.3. The topological polar surface area (TPSA) is 17.3 Å². The number of fused-ring (bicyclic) bond motifs is 6. The summed E-state index contributed by atoms with van der Waals surface area (Å²) in [5.41, 5.74) is 10.0. The molecule has 2 aliphatic carbocycles. The van der Waals surface area contributed by atoms with Gasteiger partial charge >= 0.3 is 0 Å². The Morgan fingerprint density at radius 3 is 1.97 bits per heavy atom. The Morgan fingerprint density at radius 2 is 1.38 bits per heavy atom. The molecule has 2 heterocycles. The normalized spacial score (nSPS) is 23.7. The first-order valence-electron chi connectivity index (χ1n) is 15.6. The molecule has 2 atom stereocenters. The van der Waals surface area contributed by atoms with Crippen molar-refractivity contribution in [2.24, 2.45) is 10.8 Å². The molecule has 212 valence electrons. The second kappa shape index (κ2) is 9.08. The summed E-state index contributed by atoms with van der Waals surface area (Å²) in [5.74, 6) is 0.503. The van der Waals surface area contributed by atoms with E-state index in [1.165, 1.54) is 33.0 Å². The molecule has 2 heteroatoms. The summed E-state index contributed by atoms with van der Waals surface area (Å²) >= 11 is 0. The van der Waals surface area contributed by atoms with E-state index in [1.807, 2.05) is 27.7 Å². The summed E-state index contributed by atoms with van der Waals surface area (Å²) in [6, 6.07) is 11.5. The maximum Gasteiger partial charge on any atom is 0.146 e. The molecular formula is C37H54N2. The molecule has 2 aromatic carbocycles. The summed E-state index contributed by atoms with van der Waals surface area (Å²) in [5, 5.41) is 2.62. The molecule has 39 heavy (non-hydrogen) atoms. The summed E-state index contributed by atoms with van der Waals surface area (Å²) in [7, 11) is 0. The number of benzene rings is 2. The lowest BCUT2D eigenvalue weighted by molar-refractivity contribution is -0.0103. The van der Waals surface area contributed by atoms with Crippen LogP contribution in [-0.2, 0) is 16.2 Å². The van der Waals surface area contributed by atoms with Crippen molar-refractivity contribution in [1.29, 1.82) is 0 Å². The quantitative estimate of drug-likeness (QED) is 0.254. The number of pyridine rings is 1. The molecular weight excluding hydrogens is 472 g/mol. The largest absolute Gasteiger partial charge is 0.299 e. The molecule has 2 aromatic heterocycles. The van der Waals surface area contributed by atoms with Gasteiger partial charge in [-0.1, -0.05) is 122 Å². The van der Waals surface area contributed by atoms with Crippen LogP contribution in [-0.4, -0.2) is 9.38 Å². The fourth-order valence-electron chi connectivity index (χ4n) is 8.28. The second-order valence-electron chi connectivity index (χ2n) is 13.9. The monoisotopic (exact) mass is 526 g/mol. The standard InChI is InChI=1S/C33H42N2.2C2H6/c1-12-19(2)21-15-13-14-20-16-17-35-27-23(34-28(35)24(20)21)18-22-25-26(27)30(5,6)32(9,10)33(25,11)31(7,8)29(22,3)4;2*1-2/h13-19H,12H2,1-11H3;2*1-2H3. The molecule has 0 aliphatic heterocycles. The maximum atomic E-state index is 5.44. The van der Waals surface area contributed by atoms with Crippen LogP contribution in [0.1, 0.15) is 138 Å². The van der Waals surface area contributed by atoms with Crippen molar-refractivity contribution in [3.63, 3.8) is 0 Å². The summed E-state index contributed by atoms with van der Waals surface area (Å²) in [4.78, 5) is 5.44. The van der Waals surface area contributed by atoms with Crippen LogP contribution in [0.5, 0.6) is 0 Å². The zero-order chi connectivity index (χ0) is 29.5. The number of imidazole rings is 1. The van der Waals surface area contributed by atoms with Crippen LogP contribution in [0.25, 0.3) is 27.5 Å². The van der Waals surface area contributed by atoms with Crippen molar-refractivity contribution in [2.45, 2.75) is 132 Å². The molecule has 6 rings (SSSR count). The number of nitrogens with zero attached hydrogens (tertiary/aromatic N) is 2. The fourth-order valence-corrected chi connectivity index (χ4v) is 8.28. The molecule has 2 nitrogen and oxygen atoms in total. The molecule has 2 unspecified atom stereocenters. The average molecular weight is 527 g/mol. The number of hydrogen-bond acceptors (Lipinski definition) is 1. The number of hydrogen-bond donors (Lipinski definition) is 0. The van der Waals surface area contributed by atoms with E-state index in [2.05, 4.69) is 117 Å². The van der Waals surface area contributed by atoms with E-state index < -0.39 is 0 Å². The molecule has 0 radical (unpaired) electrons. The molecule has 0 saturated heterocycles. The van der Waals surface area contributed by atoms with Gasteiger partial charge in [0.1, 0.15) is 5.65 Å². The van der Waals surface area contributed by atoms with E-state index in [0.717, 1.165) is 17.6 Å². The predicted molar refractivity (Wildman–Crippen MR) is 173 cm³/mol. The molecule has 4 aromatic rings. The van der Waals surface area contributed by atoms with Gasteiger partial charge < -0.3 is 0 Å². The third-order valence-corrected chi connectivity index (χ3v) is 12.3. The van der Waals surface area contributed by atoms with E-state index >= 15 is 0 Å². The van der Waals surface area contributed by atoms with Crippen molar-refractivity contribution in [3.05, 3.63) is 58.8 Å². The van der Waals surface area contributed by atoms with Crippen molar-refractivity contribution < 1.29 is 0 Å². The highest BCUT2D eigenvalue weighted by Gasteiger charge is 2.72. The van der Waals surface area contributed by atoms with Crippen LogP contribution >= 0.6 is 0 Å². The minimum Gasteiger partial charge on any atom is -0.299 e. The first kappa shape index (κ1) is 29.6. The second-order valence-corrected chi connectivity index (χ2v) is 13.9. The summed E-state index contributed by atoms with van der Waals surface area (Å²) < 4.78 is 2.43. The Hall–Kier alpha value is -2.35. The van der Waals surface area contributed by atoms with E-state index in [1.54, 1.807) is 5.56 Å². The minimum atomic E-state index is 0.0141. The molecule has 0 bridgehead atoms. The Kier molecular flexibility index (Phi) is 6.90. The summed E-state index contributed by atoms with van der Waals surface area (Å²) in [6.07, 6.45) is 3.41. The van der Waals surface area contributed by atoms with Gasteiger partial charge in [0.15, 0.2) is 0 Å². The molecule has 0 saturated carbocycles. The highest BCUT2D eigenvalue weighted by molar-refractivity contribution is 6.02. The SMILES string of the molecule is CC.CC.CCC(C)c1cccc2ccn3c(nc4cc5c6c(c43)C(C)(C)C(C)(C)C6(C)C(C)(C)C5(C)C)c12. The zero-order valence-corrected chi connectivity index (χ0v) is 27.6. The van der Waals surface area contributed by atoms with Crippen molar-refractivity contribution in [3.8, 4) is 0 Å². The van der Waals surface area contributed by atoms with Gasteiger partial charge in [0.2, 0.25) is 0 Å². The lowest BCUT2D eigenvalue weighted by Gasteiger charge is -2.56. The minimum absolute atomic E-state index is 0.0141. The lowest BCUT2D eigenvalue weighted by Crippen LogP contribution is -2.55. The van der Waals surface area contributed by atoms with Gasteiger partial charge in [0.05, 0.1) is 11.0 Å². The van der Waals surface area contributed by atoms with Gasteiger partial charge in [-0.25, -0.2) is 4.98 Å². The van der Waals surface area contributed by atoms with Crippen molar-refractivity contribution >= 4 is 27.5 Å². The first-order valence-corrected chi connectivity index (χ1v) is 15.6. The van der Waals surface area contributed by atoms with E-state index in [4.69, 9.17) is 4.98 Å². The van der Waals surface area contributed by atoms with Gasteiger partial charge in [0.25, 0.3) is 0 Å². The molecule has 0 spiro atoms. The van der Waals surface area contributed by atoms with Gasteiger partial charge in [-0.3, -0.25) is 4.40 Å². The van der Waals surface area contributed by atoms with Crippen molar-refractivity contribution in [2.75, 3.05) is 0 Å². The van der Waals surface area contributed by atoms with Crippen LogP contribution in [0.3, 0.4) is 0 Å². The highest BCUT2D eigenvalue weighted by atomic mass is 15.0. The van der Waals surface area contributed by atoms with E-state index in [0.29, 0.717) is 5.92 Å². The predicted octanol–water partition coefficient (Wildman–Crippen LogP) is 11.1. The molecule has 2 aliphatic rings. The van der Waals surface area contributed by atoms with Gasteiger partial charge in [-0.15, -0.1) is 0 Å².